The molecule has 0 aromatic heterocycles. The molecule has 1 fully saturated rings. The monoisotopic (exact) mass is 310 g/mol. The minimum absolute atomic E-state index is 0.109. The molecule has 1 aliphatic heterocycles. The highest BCUT2D eigenvalue weighted by molar-refractivity contribution is 7.91. The van der Waals surface area contributed by atoms with Gasteiger partial charge in [0.1, 0.15) is 0 Å². The van der Waals surface area contributed by atoms with Gasteiger partial charge in [0.15, 0.2) is 9.84 Å². The van der Waals surface area contributed by atoms with Crippen LogP contribution in [0.25, 0.3) is 0 Å². The van der Waals surface area contributed by atoms with Crippen molar-refractivity contribution in [2.45, 2.75) is 39.3 Å². The Labute approximate surface area is 128 Å². The molecule has 1 N–H and O–H groups in total. The number of nitrogens with zero attached hydrogens (tertiary/aromatic N) is 1. The number of sulfone groups is 1. The molecular formula is C16H26N2O2S. The summed E-state index contributed by atoms with van der Waals surface area (Å²) in [6.45, 7) is 6.17. The Kier molecular flexibility index (Phi) is 5.27. The number of nitrogens with one attached hydrogen (secondary N) is 1. The van der Waals surface area contributed by atoms with Gasteiger partial charge in [0.05, 0.1) is 11.5 Å². The van der Waals surface area contributed by atoms with E-state index in [9.17, 15) is 8.42 Å². The molecule has 0 bridgehead atoms. The molecule has 0 radical (unpaired) electrons. The lowest BCUT2D eigenvalue weighted by Gasteiger charge is -2.27. The van der Waals surface area contributed by atoms with Crippen molar-refractivity contribution in [2.24, 2.45) is 0 Å². The van der Waals surface area contributed by atoms with E-state index in [0.717, 1.165) is 31.6 Å². The SMILES string of the molecule is CCCNCc1ccc(N(C)C2CCS(=O)(=O)C2)c(C)c1. The molecule has 4 nitrogen and oxygen atoms in total. The summed E-state index contributed by atoms with van der Waals surface area (Å²) >= 11 is 0. The Bertz CT molecular complexity index is 584. The lowest BCUT2D eigenvalue weighted by atomic mass is 10.1. The highest BCUT2D eigenvalue weighted by Gasteiger charge is 2.31. The first-order chi connectivity index (χ1) is 9.93. The molecule has 5 heteroatoms. The summed E-state index contributed by atoms with van der Waals surface area (Å²) in [7, 11) is -0.833. The van der Waals surface area contributed by atoms with Crippen LogP contribution < -0.4 is 10.2 Å². The maximum atomic E-state index is 11.6. The summed E-state index contributed by atoms with van der Waals surface area (Å²) in [4.78, 5) is 2.13. The Morgan fingerprint density at radius 2 is 2.14 bits per heavy atom. The largest absolute Gasteiger partial charge is 0.370 e. The zero-order valence-electron chi connectivity index (χ0n) is 13.2. The first-order valence-electron chi connectivity index (χ1n) is 7.66. The van der Waals surface area contributed by atoms with Crippen LogP contribution in [0, 0.1) is 6.92 Å². The summed E-state index contributed by atoms with van der Waals surface area (Å²) in [5.41, 5.74) is 3.62. The lowest BCUT2D eigenvalue weighted by molar-refractivity contribution is 0.601. The van der Waals surface area contributed by atoms with Crippen molar-refractivity contribution < 1.29 is 8.42 Å². The van der Waals surface area contributed by atoms with Crippen LogP contribution in [0.4, 0.5) is 5.69 Å². The maximum absolute atomic E-state index is 11.6. The fraction of sp³-hybridized carbons (Fsp3) is 0.625. The highest BCUT2D eigenvalue weighted by atomic mass is 32.2. The smallest absolute Gasteiger partial charge is 0.152 e. The Morgan fingerprint density at radius 3 is 2.71 bits per heavy atom. The third kappa shape index (κ3) is 4.20. The predicted molar refractivity (Wildman–Crippen MR) is 88.6 cm³/mol. The van der Waals surface area contributed by atoms with E-state index in [1.807, 2.05) is 7.05 Å². The molecule has 1 heterocycles. The van der Waals surface area contributed by atoms with Gasteiger partial charge in [-0.3, -0.25) is 0 Å². The molecule has 1 aliphatic rings. The second-order valence-electron chi connectivity index (χ2n) is 5.97. The van der Waals surface area contributed by atoms with Crippen molar-refractivity contribution in [3.8, 4) is 0 Å². The number of hydrogen-bond acceptors (Lipinski definition) is 4. The van der Waals surface area contributed by atoms with E-state index >= 15 is 0 Å². The average molecular weight is 310 g/mol. The van der Waals surface area contributed by atoms with E-state index in [-0.39, 0.29) is 11.8 Å². The number of hydrogen-bond donors (Lipinski definition) is 1. The third-order valence-electron chi connectivity index (χ3n) is 4.15. The van der Waals surface area contributed by atoms with Crippen molar-refractivity contribution in [1.29, 1.82) is 0 Å². The molecule has 1 aromatic rings. The van der Waals surface area contributed by atoms with E-state index in [1.165, 1.54) is 11.1 Å². The molecule has 0 amide bonds. The quantitative estimate of drug-likeness (QED) is 0.818. The molecule has 2 rings (SSSR count). The summed E-state index contributed by atoms with van der Waals surface area (Å²) < 4.78 is 23.3. The van der Waals surface area contributed by atoms with Gasteiger partial charge in [0, 0.05) is 25.3 Å². The van der Waals surface area contributed by atoms with Gasteiger partial charge in [-0.1, -0.05) is 19.1 Å². The molecule has 118 valence electrons. The van der Waals surface area contributed by atoms with Crippen LogP contribution in [0.3, 0.4) is 0 Å². The first kappa shape index (κ1) is 16.3. The molecule has 21 heavy (non-hydrogen) atoms. The number of rotatable bonds is 6. The second kappa shape index (κ2) is 6.79. The van der Waals surface area contributed by atoms with Crippen LogP contribution in [0.1, 0.15) is 30.9 Å². The molecule has 0 aliphatic carbocycles. The van der Waals surface area contributed by atoms with Crippen LogP contribution >= 0.6 is 0 Å². The summed E-state index contributed by atoms with van der Waals surface area (Å²) in [6.07, 6.45) is 1.87. The summed E-state index contributed by atoms with van der Waals surface area (Å²) in [6, 6.07) is 6.55. The van der Waals surface area contributed by atoms with E-state index in [4.69, 9.17) is 0 Å². The average Bonchev–Trinajstić information content (AvgIpc) is 2.79. The topological polar surface area (TPSA) is 49.4 Å². The van der Waals surface area contributed by atoms with Gasteiger partial charge >= 0.3 is 0 Å². The molecule has 1 atom stereocenters. The van der Waals surface area contributed by atoms with Gasteiger partial charge in [-0.2, -0.15) is 0 Å². The van der Waals surface area contributed by atoms with E-state index in [2.05, 4.69) is 42.3 Å². The fourth-order valence-corrected chi connectivity index (χ4v) is 4.68. The van der Waals surface area contributed by atoms with Crippen LogP contribution in [-0.2, 0) is 16.4 Å². The van der Waals surface area contributed by atoms with Gasteiger partial charge in [0.25, 0.3) is 0 Å². The normalized spacial score (nSPS) is 20.6. The van der Waals surface area contributed by atoms with Crippen molar-refractivity contribution in [1.82, 2.24) is 5.32 Å². The van der Waals surface area contributed by atoms with Gasteiger partial charge in [-0.25, -0.2) is 8.42 Å². The fourth-order valence-electron chi connectivity index (χ4n) is 2.91. The van der Waals surface area contributed by atoms with Crippen LogP contribution in [0.15, 0.2) is 18.2 Å². The van der Waals surface area contributed by atoms with Crippen molar-refractivity contribution in [2.75, 3.05) is 30.0 Å². The molecule has 1 saturated heterocycles. The predicted octanol–water partition coefficient (Wildman–Crippen LogP) is 2.12. The molecular weight excluding hydrogens is 284 g/mol. The first-order valence-corrected chi connectivity index (χ1v) is 9.48. The zero-order chi connectivity index (χ0) is 15.5. The van der Waals surface area contributed by atoms with E-state index in [0.29, 0.717) is 5.75 Å². The minimum atomic E-state index is -2.84. The highest BCUT2D eigenvalue weighted by Crippen LogP contribution is 2.26. The Hall–Kier alpha value is -1.07. The minimum Gasteiger partial charge on any atom is -0.370 e. The van der Waals surface area contributed by atoms with Crippen LogP contribution in [0.5, 0.6) is 0 Å². The van der Waals surface area contributed by atoms with Gasteiger partial charge in [-0.05, 0) is 43.5 Å². The van der Waals surface area contributed by atoms with Crippen molar-refractivity contribution >= 4 is 15.5 Å². The van der Waals surface area contributed by atoms with Crippen LogP contribution in [-0.4, -0.2) is 39.6 Å². The standard InChI is InChI=1S/C16H26N2O2S/c1-4-8-17-11-14-5-6-16(13(2)10-14)18(3)15-7-9-21(19,20)12-15/h5-6,10,15,17H,4,7-9,11-12H2,1-3H3. The van der Waals surface area contributed by atoms with Gasteiger partial charge in [0.2, 0.25) is 0 Å². The summed E-state index contributed by atoms with van der Waals surface area (Å²) in [5.74, 6) is 0.600. The number of aryl methyl sites for hydroxylation is 1. The summed E-state index contributed by atoms with van der Waals surface area (Å²) in [5, 5.41) is 3.40. The van der Waals surface area contributed by atoms with Crippen molar-refractivity contribution in [3.63, 3.8) is 0 Å². The van der Waals surface area contributed by atoms with Crippen molar-refractivity contribution in [3.05, 3.63) is 29.3 Å². The Morgan fingerprint density at radius 1 is 1.38 bits per heavy atom. The molecule has 0 spiro atoms. The third-order valence-corrected chi connectivity index (χ3v) is 5.90. The van der Waals surface area contributed by atoms with Gasteiger partial charge < -0.3 is 10.2 Å². The molecule has 1 aromatic carbocycles. The second-order valence-corrected chi connectivity index (χ2v) is 8.19. The maximum Gasteiger partial charge on any atom is 0.152 e. The van der Waals surface area contributed by atoms with Gasteiger partial charge in [-0.15, -0.1) is 0 Å². The van der Waals surface area contributed by atoms with Crippen LogP contribution in [0.2, 0.25) is 0 Å². The molecule has 1 unspecified atom stereocenters. The Balaban J connectivity index is 2.06. The number of anilines is 1. The van der Waals surface area contributed by atoms with E-state index < -0.39 is 9.84 Å². The molecule has 0 saturated carbocycles. The number of benzene rings is 1. The lowest BCUT2D eigenvalue weighted by Crippen LogP contribution is -2.33. The zero-order valence-corrected chi connectivity index (χ0v) is 14.0. The van der Waals surface area contributed by atoms with E-state index in [1.54, 1.807) is 0 Å².